The quantitative estimate of drug-likeness (QED) is 0.188. The van der Waals surface area contributed by atoms with Gasteiger partial charge in [0.25, 0.3) is 0 Å². The monoisotopic (exact) mass is 614 g/mol. The number of fused-ring (bicyclic) bond motifs is 3. The molecule has 0 heterocycles. The lowest BCUT2D eigenvalue weighted by Gasteiger charge is -2.41. The highest BCUT2D eigenvalue weighted by Gasteiger charge is 2.36. The van der Waals surface area contributed by atoms with Gasteiger partial charge in [-0.1, -0.05) is 101 Å². The first kappa shape index (κ1) is 29.8. The number of hydrogen-bond acceptors (Lipinski definition) is 1. The van der Waals surface area contributed by atoms with E-state index in [9.17, 15) is 0 Å². The van der Waals surface area contributed by atoms with Crippen LogP contribution in [0.1, 0.15) is 118 Å². The predicted octanol–water partition coefficient (Wildman–Crippen LogP) is 11.6. The molecular formula is C43H51OP. The van der Waals surface area contributed by atoms with Crippen LogP contribution in [0.5, 0.6) is 5.75 Å². The number of benzene rings is 4. The van der Waals surface area contributed by atoms with Gasteiger partial charge in [0.15, 0.2) is 0 Å². The van der Waals surface area contributed by atoms with Crippen LogP contribution in [0.2, 0.25) is 0 Å². The maximum atomic E-state index is 7.02. The fourth-order valence-electron chi connectivity index (χ4n) is 9.41. The summed E-state index contributed by atoms with van der Waals surface area (Å²) in [5.41, 5.74) is 12.8. The summed E-state index contributed by atoms with van der Waals surface area (Å²) in [6, 6.07) is 25.6. The van der Waals surface area contributed by atoms with Crippen molar-refractivity contribution >= 4 is 24.0 Å². The summed E-state index contributed by atoms with van der Waals surface area (Å²) in [7, 11) is -0.206. The third kappa shape index (κ3) is 6.12. The highest BCUT2D eigenvalue weighted by molar-refractivity contribution is 7.67. The molecule has 1 nitrogen and oxygen atoms in total. The molecule has 0 amide bonds. The normalized spacial score (nSPS) is 19.4. The maximum Gasteiger partial charge on any atom is 0.127 e. The molecule has 2 fully saturated rings. The van der Waals surface area contributed by atoms with Gasteiger partial charge in [-0.15, -0.1) is 0 Å². The molecule has 0 saturated heterocycles. The molecule has 0 N–H and O–H groups in total. The summed E-state index contributed by atoms with van der Waals surface area (Å²) in [5.74, 6) is 1.14. The second-order valence-electron chi connectivity index (χ2n) is 14.5. The van der Waals surface area contributed by atoms with Crippen molar-refractivity contribution in [1.29, 1.82) is 0 Å². The van der Waals surface area contributed by atoms with E-state index in [0.29, 0.717) is 6.61 Å². The lowest BCUT2D eigenvalue weighted by atomic mass is 9.80. The molecule has 0 aliphatic heterocycles. The van der Waals surface area contributed by atoms with E-state index in [-0.39, 0.29) is 7.92 Å². The van der Waals surface area contributed by atoms with E-state index in [4.69, 9.17) is 4.74 Å². The largest absolute Gasteiger partial charge is 0.488 e. The zero-order chi connectivity index (χ0) is 30.0. The smallest absolute Gasteiger partial charge is 0.127 e. The molecule has 0 bridgehead atoms. The van der Waals surface area contributed by atoms with Gasteiger partial charge in [-0.2, -0.15) is 0 Å². The molecule has 2 heteroatoms. The van der Waals surface area contributed by atoms with E-state index >= 15 is 0 Å². The number of hydrogen-bond donors (Lipinski definition) is 0. The van der Waals surface area contributed by atoms with Crippen molar-refractivity contribution in [3.63, 3.8) is 0 Å². The summed E-state index contributed by atoms with van der Waals surface area (Å²) in [4.78, 5) is 0. The first-order chi connectivity index (χ1) is 22.3. The van der Waals surface area contributed by atoms with E-state index in [2.05, 4.69) is 66.7 Å². The molecular weight excluding hydrogens is 563 g/mol. The molecule has 45 heavy (non-hydrogen) atoms. The molecule has 4 aliphatic carbocycles. The summed E-state index contributed by atoms with van der Waals surface area (Å²) >= 11 is 0. The van der Waals surface area contributed by atoms with Crippen LogP contribution >= 0.6 is 7.92 Å². The molecule has 4 aliphatic rings. The number of ether oxygens (including phenoxy) is 1. The van der Waals surface area contributed by atoms with Crippen LogP contribution in [0.15, 0.2) is 66.7 Å². The molecule has 4 aromatic carbocycles. The van der Waals surface area contributed by atoms with E-state index in [1.807, 2.05) is 0 Å². The highest BCUT2D eigenvalue weighted by Crippen LogP contribution is 2.58. The van der Waals surface area contributed by atoms with Gasteiger partial charge in [-0.05, 0) is 150 Å². The Morgan fingerprint density at radius 2 is 1.13 bits per heavy atom. The lowest BCUT2D eigenvalue weighted by Crippen LogP contribution is -2.28. The molecule has 8 rings (SSSR count). The van der Waals surface area contributed by atoms with E-state index in [1.165, 1.54) is 137 Å². The molecule has 0 unspecified atom stereocenters. The van der Waals surface area contributed by atoms with E-state index in [0.717, 1.165) is 17.1 Å². The van der Waals surface area contributed by atoms with Gasteiger partial charge in [-0.25, -0.2) is 0 Å². The Labute approximate surface area is 272 Å². The van der Waals surface area contributed by atoms with Crippen molar-refractivity contribution in [1.82, 2.24) is 0 Å². The highest BCUT2D eigenvalue weighted by atomic mass is 31.1. The molecule has 0 radical (unpaired) electrons. The van der Waals surface area contributed by atoms with Crippen LogP contribution in [0.25, 0.3) is 21.9 Å². The van der Waals surface area contributed by atoms with Crippen molar-refractivity contribution in [3.8, 4) is 16.9 Å². The standard InChI is InChI=1S/C43H51OP/c1-3-17-36(18-4-1)45(37-19-5-2-6-20-37)41-28-26-34-15-10-12-22-39(34)43(41)42-38-21-11-9-14-33(38)25-27-40(42)44-30-31-23-24-32-13-7-8-16-35(32)29-31/h7-8,13,16,23-29,36-37H,1-6,9-12,14-15,17-22,30H2. The van der Waals surface area contributed by atoms with Crippen LogP contribution in [-0.4, -0.2) is 11.3 Å². The van der Waals surface area contributed by atoms with Crippen LogP contribution < -0.4 is 10.0 Å². The third-order valence-electron chi connectivity index (χ3n) is 11.7. The van der Waals surface area contributed by atoms with Crippen molar-refractivity contribution in [3.05, 3.63) is 94.5 Å². The van der Waals surface area contributed by atoms with Crippen LogP contribution in [0.3, 0.4) is 0 Å². The number of rotatable bonds is 7. The van der Waals surface area contributed by atoms with Gasteiger partial charge in [0.2, 0.25) is 0 Å². The van der Waals surface area contributed by atoms with Gasteiger partial charge in [0.05, 0.1) is 0 Å². The summed E-state index contributed by atoms with van der Waals surface area (Å²) in [6.45, 7) is 0.626. The Bertz CT molecular complexity index is 1620. The summed E-state index contributed by atoms with van der Waals surface area (Å²) in [6.07, 6.45) is 24.7. The maximum absolute atomic E-state index is 7.02. The fourth-order valence-corrected chi connectivity index (χ4v) is 13.4. The van der Waals surface area contributed by atoms with Crippen LogP contribution in [-0.2, 0) is 32.3 Å². The molecule has 4 aromatic rings. The average molecular weight is 615 g/mol. The second-order valence-corrected chi connectivity index (χ2v) is 17.3. The summed E-state index contributed by atoms with van der Waals surface area (Å²) < 4.78 is 7.02. The zero-order valence-electron chi connectivity index (χ0n) is 27.3. The Balaban J connectivity index is 1.28. The minimum atomic E-state index is -0.206. The first-order valence-electron chi connectivity index (χ1n) is 18.5. The van der Waals surface area contributed by atoms with Gasteiger partial charge in [-0.3, -0.25) is 0 Å². The molecule has 2 saturated carbocycles. The van der Waals surface area contributed by atoms with Crippen molar-refractivity contribution in [2.45, 2.75) is 133 Å². The fraction of sp³-hybridized carbons (Fsp3) is 0.488. The average Bonchev–Trinajstić information content (AvgIpc) is 3.11. The summed E-state index contributed by atoms with van der Waals surface area (Å²) in [5, 5.41) is 4.38. The molecule has 234 valence electrons. The van der Waals surface area contributed by atoms with Crippen molar-refractivity contribution < 1.29 is 4.74 Å². The van der Waals surface area contributed by atoms with Crippen LogP contribution in [0, 0.1) is 0 Å². The van der Waals surface area contributed by atoms with Crippen molar-refractivity contribution in [2.24, 2.45) is 0 Å². The lowest BCUT2D eigenvalue weighted by molar-refractivity contribution is 0.307. The molecule has 0 atom stereocenters. The second kappa shape index (κ2) is 13.6. The molecule has 0 spiro atoms. The Morgan fingerprint density at radius 3 is 1.82 bits per heavy atom. The SMILES string of the molecule is c1ccc2cc(COc3ccc4c(c3-c3c(P(C5CCCCC5)C5CCCCC5)ccc5c3CCCC5)CCCC4)ccc2c1. The minimum absolute atomic E-state index is 0.206. The molecule has 0 aromatic heterocycles. The third-order valence-corrected chi connectivity index (χ3v) is 15.2. The Hall–Kier alpha value is -2.63. The Morgan fingerprint density at radius 1 is 0.533 bits per heavy atom. The van der Waals surface area contributed by atoms with E-state index in [1.54, 1.807) is 33.1 Å². The number of aryl methyl sites for hydroxylation is 2. The predicted molar refractivity (Wildman–Crippen MR) is 194 cm³/mol. The Kier molecular flexibility index (Phi) is 9.00. The van der Waals surface area contributed by atoms with Gasteiger partial charge >= 0.3 is 0 Å². The van der Waals surface area contributed by atoms with Crippen LogP contribution in [0.4, 0.5) is 0 Å². The van der Waals surface area contributed by atoms with Gasteiger partial charge in [0.1, 0.15) is 12.4 Å². The van der Waals surface area contributed by atoms with Gasteiger partial charge in [0, 0.05) is 5.56 Å². The van der Waals surface area contributed by atoms with Gasteiger partial charge < -0.3 is 4.74 Å². The minimum Gasteiger partial charge on any atom is -0.488 e. The van der Waals surface area contributed by atoms with E-state index < -0.39 is 0 Å². The first-order valence-corrected chi connectivity index (χ1v) is 20.0. The topological polar surface area (TPSA) is 9.23 Å². The van der Waals surface area contributed by atoms with Crippen molar-refractivity contribution in [2.75, 3.05) is 0 Å². The zero-order valence-corrected chi connectivity index (χ0v) is 28.2.